The minimum atomic E-state index is 0.661. The summed E-state index contributed by atoms with van der Waals surface area (Å²) >= 11 is 0. The Morgan fingerprint density at radius 3 is 2.71 bits per heavy atom. The number of nitrogens with zero attached hydrogens (tertiary/aromatic N) is 2. The average molecular weight is 185 g/mol. The van der Waals surface area contributed by atoms with E-state index in [0.29, 0.717) is 5.69 Å². The Morgan fingerprint density at radius 2 is 2.00 bits per heavy atom. The zero-order chi connectivity index (χ0) is 9.97. The quantitative estimate of drug-likeness (QED) is 0.739. The van der Waals surface area contributed by atoms with Crippen molar-refractivity contribution < 1.29 is 0 Å². The van der Waals surface area contributed by atoms with Crippen LogP contribution in [0.15, 0.2) is 36.5 Å². The maximum atomic E-state index is 5.82. The van der Waals surface area contributed by atoms with E-state index in [0.717, 1.165) is 17.1 Å². The third-order valence-electron chi connectivity index (χ3n) is 1.97. The summed E-state index contributed by atoms with van der Waals surface area (Å²) in [5.41, 5.74) is 8.99. The van der Waals surface area contributed by atoms with Gasteiger partial charge in [-0.2, -0.15) is 0 Å². The van der Waals surface area contributed by atoms with Gasteiger partial charge in [-0.25, -0.2) is 4.98 Å². The van der Waals surface area contributed by atoms with Gasteiger partial charge in [0.1, 0.15) is 5.69 Å². The number of rotatable bonds is 1. The van der Waals surface area contributed by atoms with Crippen molar-refractivity contribution in [1.29, 1.82) is 0 Å². The Hall–Kier alpha value is -1.90. The Morgan fingerprint density at radius 1 is 1.14 bits per heavy atom. The van der Waals surface area contributed by atoms with E-state index in [2.05, 4.69) is 9.97 Å². The Bertz CT molecular complexity index is 438. The van der Waals surface area contributed by atoms with Gasteiger partial charge in [-0.15, -0.1) is 0 Å². The molecule has 14 heavy (non-hydrogen) atoms. The molecule has 3 heteroatoms. The van der Waals surface area contributed by atoms with Gasteiger partial charge in [-0.05, 0) is 31.2 Å². The standard InChI is InChI=1S/C11H11N3/c1-8-5-6-9(12)11(14-8)10-4-2-3-7-13-10/h2-7H,12H2,1H3. The van der Waals surface area contributed by atoms with Gasteiger partial charge >= 0.3 is 0 Å². The molecule has 0 spiro atoms. The summed E-state index contributed by atoms with van der Waals surface area (Å²) in [4.78, 5) is 8.56. The van der Waals surface area contributed by atoms with Crippen LogP contribution in [0.4, 0.5) is 5.69 Å². The maximum absolute atomic E-state index is 5.82. The third kappa shape index (κ3) is 1.57. The van der Waals surface area contributed by atoms with Crippen LogP contribution in [0.3, 0.4) is 0 Å². The number of anilines is 1. The van der Waals surface area contributed by atoms with Crippen molar-refractivity contribution in [2.24, 2.45) is 0 Å². The number of hydrogen-bond acceptors (Lipinski definition) is 3. The topological polar surface area (TPSA) is 51.8 Å². The third-order valence-corrected chi connectivity index (χ3v) is 1.97. The first-order valence-electron chi connectivity index (χ1n) is 4.42. The first-order chi connectivity index (χ1) is 6.77. The Labute approximate surface area is 82.6 Å². The van der Waals surface area contributed by atoms with E-state index in [-0.39, 0.29) is 0 Å². The lowest BCUT2D eigenvalue weighted by atomic mass is 10.2. The average Bonchev–Trinajstić information content (AvgIpc) is 2.23. The Kier molecular flexibility index (Phi) is 2.14. The van der Waals surface area contributed by atoms with Crippen LogP contribution in [0.2, 0.25) is 0 Å². The lowest BCUT2D eigenvalue weighted by Crippen LogP contribution is -1.96. The van der Waals surface area contributed by atoms with Crippen LogP contribution < -0.4 is 5.73 Å². The molecule has 0 saturated heterocycles. The summed E-state index contributed by atoms with van der Waals surface area (Å²) in [6.45, 7) is 1.94. The van der Waals surface area contributed by atoms with Crippen molar-refractivity contribution in [3.05, 3.63) is 42.2 Å². The molecule has 70 valence electrons. The van der Waals surface area contributed by atoms with Gasteiger partial charge in [0.25, 0.3) is 0 Å². The van der Waals surface area contributed by atoms with Gasteiger partial charge in [-0.1, -0.05) is 6.07 Å². The molecule has 0 fully saturated rings. The normalized spacial score (nSPS) is 10.1. The van der Waals surface area contributed by atoms with Crippen molar-refractivity contribution in [3.63, 3.8) is 0 Å². The molecule has 0 atom stereocenters. The SMILES string of the molecule is Cc1ccc(N)c(-c2ccccn2)n1. The van der Waals surface area contributed by atoms with Gasteiger partial charge in [0.2, 0.25) is 0 Å². The molecule has 0 aliphatic rings. The van der Waals surface area contributed by atoms with Crippen LogP contribution in [0.25, 0.3) is 11.4 Å². The summed E-state index contributed by atoms with van der Waals surface area (Å²) in [5, 5.41) is 0. The highest BCUT2D eigenvalue weighted by Gasteiger charge is 2.04. The fourth-order valence-corrected chi connectivity index (χ4v) is 1.28. The molecule has 3 nitrogen and oxygen atoms in total. The highest BCUT2D eigenvalue weighted by molar-refractivity contribution is 5.69. The lowest BCUT2D eigenvalue weighted by Gasteiger charge is -2.04. The fourth-order valence-electron chi connectivity index (χ4n) is 1.28. The molecular formula is C11H11N3. The van der Waals surface area contributed by atoms with E-state index in [4.69, 9.17) is 5.73 Å². The van der Waals surface area contributed by atoms with E-state index in [9.17, 15) is 0 Å². The first-order valence-corrected chi connectivity index (χ1v) is 4.42. The largest absolute Gasteiger partial charge is 0.397 e. The number of hydrogen-bond donors (Lipinski definition) is 1. The molecule has 0 radical (unpaired) electrons. The van der Waals surface area contributed by atoms with Crippen molar-refractivity contribution >= 4 is 5.69 Å². The minimum Gasteiger partial charge on any atom is -0.397 e. The molecule has 0 aliphatic heterocycles. The number of aromatic nitrogens is 2. The summed E-state index contributed by atoms with van der Waals surface area (Å²) < 4.78 is 0. The lowest BCUT2D eigenvalue weighted by molar-refractivity contribution is 1.18. The van der Waals surface area contributed by atoms with Crippen LogP contribution in [-0.4, -0.2) is 9.97 Å². The monoisotopic (exact) mass is 185 g/mol. The van der Waals surface area contributed by atoms with Gasteiger partial charge in [0.15, 0.2) is 0 Å². The zero-order valence-corrected chi connectivity index (χ0v) is 7.94. The fraction of sp³-hybridized carbons (Fsp3) is 0.0909. The van der Waals surface area contributed by atoms with E-state index < -0.39 is 0 Å². The highest BCUT2D eigenvalue weighted by atomic mass is 14.8. The minimum absolute atomic E-state index is 0.661. The van der Waals surface area contributed by atoms with E-state index in [1.54, 1.807) is 6.20 Å². The van der Waals surface area contributed by atoms with Gasteiger partial charge < -0.3 is 5.73 Å². The number of pyridine rings is 2. The molecule has 2 rings (SSSR count). The van der Waals surface area contributed by atoms with Gasteiger partial charge in [-0.3, -0.25) is 4.98 Å². The number of aryl methyl sites for hydroxylation is 1. The predicted octanol–water partition coefficient (Wildman–Crippen LogP) is 2.03. The molecular weight excluding hydrogens is 174 g/mol. The summed E-state index contributed by atoms with van der Waals surface area (Å²) in [7, 11) is 0. The van der Waals surface area contributed by atoms with E-state index in [1.165, 1.54) is 0 Å². The second kappa shape index (κ2) is 3.46. The van der Waals surface area contributed by atoms with E-state index >= 15 is 0 Å². The van der Waals surface area contributed by atoms with Crippen molar-refractivity contribution in [2.45, 2.75) is 6.92 Å². The smallest absolute Gasteiger partial charge is 0.112 e. The summed E-state index contributed by atoms with van der Waals surface area (Å²) in [6.07, 6.45) is 1.73. The van der Waals surface area contributed by atoms with Gasteiger partial charge in [0, 0.05) is 11.9 Å². The van der Waals surface area contributed by atoms with Crippen molar-refractivity contribution in [3.8, 4) is 11.4 Å². The molecule has 0 bridgehead atoms. The zero-order valence-electron chi connectivity index (χ0n) is 7.94. The van der Waals surface area contributed by atoms with Gasteiger partial charge in [0.05, 0.1) is 11.4 Å². The summed E-state index contributed by atoms with van der Waals surface area (Å²) in [6, 6.07) is 9.44. The molecule has 2 aromatic heterocycles. The second-order valence-electron chi connectivity index (χ2n) is 3.11. The summed E-state index contributed by atoms with van der Waals surface area (Å²) in [5.74, 6) is 0. The van der Waals surface area contributed by atoms with Crippen LogP contribution in [0.1, 0.15) is 5.69 Å². The molecule has 0 aliphatic carbocycles. The number of nitrogens with two attached hydrogens (primary N) is 1. The van der Waals surface area contributed by atoms with Crippen molar-refractivity contribution in [1.82, 2.24) is 9.97 Å². The Balaban J connectivity index is 2.57. The molecule has 0 saturated carbocycles. The molecule has 0 amide bonds. The molecule has 2 aromatic rings. The molecule has 2 N–H and O–H groups in total. The molecule has 2 heterocycles. The van der Waals surface area contributed by atoms with Crippen molar-refractivity contribution in [2.75, 3.05) is 5.73 Å². The second-order valence-corrected chi connectivity index (χ2v) is 3.11. The van der Waals surface area contributed by atoms with Crippen LogP contribution >= 0.6 is 0 Å². The maximum Gasteiger partial charge on any atom is 0.112 e. The van der Waals surface area contributed by atoms with Crippen LogP contribution in [0.5, 0.6) is 0 Å². The molecule has 0 unspecified atom stereocenters. The van der Waals surface area contributed by atoms with Crippen LogP contribution in [-0.2, 0) is 0 Å². The molecule has 0 aromatic carbocycles. The first kappa shape index (κ1) is 8.69. The predicted molar refractivity (Wildman–Crippen MR) is 56.6 cm³/mol. The van der Waals surface area contributed by atoms with Crippen LogP contribution in [0, 0.1) is 6.92 Å². The van der Waals surface area contributed by atoms with E-state index in [1.807, 2.05) is 37.3 Å². The number of nitrogen functional groups attached to an aromatic ring is 1. The highest BCUT2D eigenvalue weighted by Crippen LogP contribution is 2.20.